The number of benzene rings is 2. The predicted octanol–water partition coefficient (Wildman–Crippen LogP) is 6.54. The summed E-state index contributed by atoms with van der Waals surface area (Å²) in [7, 11) is 0. The third kappa shape index (κ3) is 3.53. The maximum absolute atomic E-state index is 4.38. The molecule has 3 heteroatoms. The zero-order valence-electron chi connectivity index (χ0n) is 16.6. The lowest BCUT2D eigenvalue weighted by atomic mass is 9.79. The van der Waals surface area contributed by atoms with Gasteiger partial charge in [0.15, 0.2) is 0 Å². The van der Waals surface area contributed by atoms with Crippen LogP contribution < -0.4 is 0 Å². The van der Waals surface area contributed by atoms with E-state index >= 15 is 0 Å². The molecule has 0 bridgehead atoms. The summed E-state index contributed by atoms with van der Waals surface area (Å²) in [4.78, 5) is 4.38. The van der Waals surface area contributed by atoms with Crippen LogP contribution in [0.4, 0.5) is 0 Å². The number of aliphatic imine (C=N–C) groups is 1. The Hall–Kier alpha value is -3.07. The quantitative estimate of drug-likeness (QED) is 0.539. The molecular formula is C26H25N3. The topological polar surface area (TPSA) is 37.1 Å². The molecule has 0 atom stereocenters. The van der Waals surface area contributed by atoms with E-state index in [1.54, 1.807) is 23.6 Å². The van der Waals surface area contributed by atoms with Gasteiger partial charge in [0, 0.05) is 31.3 Å². The van der Waals surface area contributed by atoms with Crippen LogP contribution in [-0.2, 0) is 6.42 Å². The summed E-state index contributed by atoms with van der Waals surface area (Å²) in [5.41, 5.74) is 8.90. The summed E-state index contributed by atoms with van der Waals surface area (Å²) in [6.07, 6.45) is 20.2. The Kier molecular flexibility index (Phi) is 5.04. The van der Waals surface area contributed by atoms with E-state index in [9.17, 15) is 0 Å². The highest BCUT2D eigenvalue weighted by molar-refractivity contribution is 6.00. The molecule has 2 aromatic rings. The van der Waals surface area contributed by atoms with Crippen LogP contribution >= 0.6 is 0 Å². The van der Waals surface area contributed by atoms with Gasteiger partial charge in [0.1, 0.15) is 0 Å². The fraction of sp³-hybridized carbons (Fsp3) is 0.269. The van der Waals surface area contributed by atoms with Crippen LogP contribution in [0.2, 0.25) is 0 Å². The Bertz CT molecular complexity index is 1120. The van der Waals surface area contributed by atoms with Gasteiger partial charge in [0.25, 0.3) is 0 Å². The molecule has 0 N–H and O–H groups in total. The highest BCUT2D eigenvalue weighted by Gasteiger charge is 2.21. The average Bonchev–Trinajstić information content (AvgIpc) is 3.39. The second-order valence-corrected chi connectivity index (χ2v) is 7.81. The lowest BCUT2D eigenvalue weighted by molar-refractivity contribution is 0.831. The number of rotatable bonds is 1. The molecule has 3 nitrogen and oxygen atoms in total. The van der Waals surface area contributed by atoms with E-state index in [1.807, 2.05) is 12.4 Å². The summed E-state index contributed by atoms with van der Waals surface area (Å²) in [6, 6.07) is 11.5. The summed E-state index contributed by atoms with van der Waals surface area (Å²) in [5, 5.41) is 9.88. The van der Waals surface area contributed by atoms with E-state index in [2.05, 4.69) is 57.7 Å². The third-order valence-electron chi connectivity index (χ3n) is 6.08. The minimum atomic E-state index is 0.917. The van der Waals surface area contributed by atoms with Gasteiger partial charge in [0.05, 0.1) is 0 Å². The fourth-order valence-corrected chi connectivity index (χ4v) is 4.69. The van der Waals surface area contributed by atoms with E-state index < -0.39 is 0 Å². The molecule has 2 aromatic carbocycles. The molecule has 0 unspecified atom stereocenters. The number of hydrogen-bond donors (Lipinski definition) is 0. The van der Waals surface area contributed by atoms with Crippen molar-refractivity contribution >= 4 is 40.6 Å². The molecule has 144 valence electrons. The van der Waals surface area contributed by atoms with Crippen molar-refractivity contribution < 1.29 is 0 Å². The Balaban J connectivity index is 0.000000319. The fourth-order valence-electron chi connectivity index (χ4n) is 4.69. The number of hydrogen-bond acceptors (Lipinski definition) is 3. The molecule has 0 fully saturated rings. The summed E-state index contributed by atoms with van der Waals surface area (Å²) in [5.74, 6) is 0. The molecule has 29 heavy (non-hydrogen) atoms. The van der Waals surface area contributed by atoms with Gasteiger partial charge in [-0.3, -0.25) is 4.99 Å². The van der Waals surface area contributed by atoms with Gasteiger partial charge in [-0.05, 0) is 77.1 Å². The van der Waals surface area contributed by atoms with Gasteiger partial charge >= 0.3 is 0 Å². The first-order valence-electron chi connectivity index (χ1n) is 10.6. The normalized spacial score (nSPS) is 19.0. The molecule has 2 aliphatic heterocycles. The number of fused-ring (bicyclic) bond motifs is 4. The highest BCUT2D eigenvalue weighted by Crippen LogP contribution is 2.41. The zero-order valence-corrected chi connectivity index (χ0v) is 16.6. The van der Waals surface area contributed by atoms with Gasteiger partial charge in [0.2, 0.25) is 0 Å². The first-order chi connectivity index (χ1) is 14.4. The minimum Gasteiger partial charge on any atom is -0.269 e. The van der Waals surface area contributed by atoms with E-state index in [0.717, 1.165) is 19.3 Å². The Morgan fingerprint density at radius 2 is 1.66 bits per heavy atom. The Labute approximate surface area is 172 Å². The van der Waals surface area contributed by atoms with Gasteiger partial charge < -0.3 is 0 Å². The van der Waals surface area contributed by atoms with Gasteiger partial charge in [-0.1, -0.05) is 48.1 Å². The average molecular weight is 380 g/mol. The summed E-state index contributed by atoms with van der Waals surface area (Å²) < 4.78 is 0. The van der Waals surface area contributed by atoms with Crippen molar-refractivity contribution in [3.05, 3.63) is 70.9 Å². The molecule has 4 aliphatic rings. The van der Waals surface area contributed by atoms with Crippen molar-refractivity contribution in [2.75, 3.05) is 0 Å². The summed E-state index contributed by atoms with van der Waals surface area (Å²) >= 11 is 0. The number of allylic oxidation sites excluding steroid dienone is 5. The van der Waals surface area contributed by atoms with Crippen LogP contribution in [0.5, 0.6) is 0 Å². The van der Waals surface area contributed by atoms with Crippen molar-refractivity contribution in [3.63, 3.8) is 0 Å². The van der Waals surface area contributed by atoms with Crippen LogP contribution in [0.3, 0.4) is 0 Å². The van der Waals surface area contributed by atoms with Crippen LogP contribution in [0.1, 0.15) is 55.2 Å². The zero-order chi connectivity index (χ0) is 19.5. The smallest absolute Gasteiger partial charge is 0.0324 e. The molecule has 0 aromatic heterocycles. The Morgan fingerprint density at radius 1 is 0.724 bits per heavy atom. The second kappa shape index (κ2) is 8.12. The molecule has 0 saturated carbocycles. The minimum absolute atomic E-state index is 0.917. The van der Waals surface area contributed by atoms with Crippen molar-refractivity contribution in [1.29, 1.82) is 0 Å². The van der Waals surface area contributed by atoms with Crippen LogP contribution in [-0.4, -0.2) is 18.6 Å². The molecule has 0 amide bonds. The lowest BCUT2D eigenvalue weighted by Crippen LogP contribution is -2.07. The number of nitrogens with zero attached hydrogens (tertiary/aromatic N) is 3. The van der Waals surface area contributed by atoms with Crippen LogP contribution in [0, 0.1) is 0 Å². The number of aryl methyl sites for hydroxylation is 1. The monoisotopic (exact) mass is 379 g/mol. The lowest BCUT2D eigenvalue weighted by Gasteiger charge is -2.26. The second-order valence-electron chi connectivity index (χ2n) is 7.81. The molecular weight excluding hydrogens is 354 g/mol. The molecule has 2 heterocycles. The van der Waals surface area contributed by atoms with Gasteiger partial charge in [-0.15, -0.1) is 0 Å². The molecule has 0 spiro atoms. The molecule has 0 saturated heterocycles. The SMILES string of the molecule is C1=CC2=C(CC1)CCc1c2ccc2c(C3=CN=CCC3)cccc12.C1=NN=CC1. The van der Waals surface area contributed by atoms with Crippen molar-refractivity contribution in [2.24, 2.45) is 15.2 Å². The molecule has 6 rings (SSSR count). The van der Waals surface area contributed by atoms with Crippen LogP contribution in [0.15, 0.2) is 69.5 Å². The van der Waals surface area contributed by atoms with E-state index in [-0.39, 0.29) is 0 Å². The predicted molar refractivity (Wildman–Crippen MR) is 125 cm³/mol. The van der Waals surface area contributed by atoms with Gasteiger partial charge in [-0.2, -0.15) is 10.2 Å². The molecule has 2 aliphatic carbocycles. The maximum Gasteiger partial charge on any atom is 0.0324 e. The maximum atomic E-state index is 4.38. The van der Waals surface area contributed by atoms with E-state index in [0.29, 0.717) is 0 Å². The van der Waals surface area contributed by atoms with Crippen molar-refractivity contribution in [1.82, 2.24) is 0 Å². The third-order valence-corrected chi connectivity index (χ3v) is 6.08. The van der Waals surface area contributed by atoms with Crippen molar-refractivity contribution in [3.8, 4) is 0 Å². The van der Waals surface area contributed by atoms with Crippen LogP contribution in [0.25, 0.3) is 21.9 Å². The standard InChI is InChI=1S/C23H21N.C3H4N2/c1-2-7-18-16(5-1)10-11-23-20-9-3-8-19(17-6-4-14-24-15-17)22(20)13-12-21(18)23;1-2-4-5-3-1/h2-3,7-9,12-15H,1,4-6,10-11H2;2-3H,1H2. The molecule has 0 radical (unpaired) electrons. The van der Waals surface area contributed by atoms with E-state index in [4.69, 9.17) is 0 Å². The van der Waals surface area contributed by atoms with Gasteiger partial charge in [-0.25, -0.2) is 0 Å². The van der Waals surface area contributed by atoms with E-state index in [1.165, 1.54) is 58.7 Å². The first kappa shape index (κ1) is 18.0. The van der Waals surface area contributed by atoms with Crippen molar-refractivity contribution in [2.45, 2.75) is 44.9 Å². The Morgan fingerprint density at radius 3 is 2.45 bits per heavy atom. The first-order valence-corrected chi connectivity index (χ1v) is 10.6. The highest BCUT2D eigenvalue weighted by atomic mass is 15.2. The summed E-state index contributed by atoms with van der Waals surface area (Å²) in [6.45, 7) is 0. The largest absolute Gasteiger partial charge is 0.269 e.